The summed E-state index contributed by atoms with van der Waals surface area (Å²) in [7, 11) is 0. The molecule has 0 spiro atoms. The summed E-state index contributed by atoms with van der Waals surface area (Å²) in [6, 6.07) is 2.05. The van der Waals surface area contributed by atoms with Crippen molar-refractivity contribution in [1.29, 1.82) is 0 Å². The number of aromatic nitrogens is 2. The number of aryl methyl sites for hydroxylation is 2. The summed E-state index contributed by atoms with van der Waals surface area (Å²) in [4.78, 5) is 12.5. The van der Waals surface area contributed by atoms with Gasteiger partial charge in [0.05, 0.1) is 5.69 Å². The van der Waals surface area contributed by atoms with Crippen LogP contribution in [0.15, 0.2) is 6.07 Å². The molecule has 18 heavy (non-hydrogen) atoms. The highest BCUT2D eigenvalue weighted by Crippen LogP contribution is 2.37. The first kappa shape index (κ1) is 13.3. The second-order valence-corrected chi connectivity index (χ2v) is 5.81. The smallest absolute Gasteiger partial charge is 0.144 e. The minimum absolute atomic E-state index is 0.0883. The van der Waals surface area contributed by atoms with E-state index in [4.69, 9.17) is 0 Å². The van der Waals surface area contributed by atoms with E-state index in [1.165, 1.54) is 19.3 Å². The highest BCUT2D eigenvalue weighted by molar-refractivity contribution is 5.86. The molecule has 0 atom stereocenters. The van der Waals surface area contributed by atoms with Gasteiger partial charge in [-0.1, -0.05) is 26.2 Å². The molecule has 1 aromatic rings. The molecule has 1 aliphatic carbocycles. The average molecular weight is 248 g/mol. The summed E-state index contributed by atoms with van der Waals surface area (Å²) in [5.74, 6) is 0.400. The molecule has 1 heterocycles. The molecule has 0 radical (unpaired) electrons. The largest absolute Gasteiger partial charge is 0.299 e. The van der Waals surface area contributed by atoms with E-state index < -0.39 is 0 Å². The van der Waals surface area contributed by atoms with Gasteiger partial charge >= 0.3 is 0 Å². The summed E-state index contributed by atoms with van der Waals surface area (Å²) < 4.78 is 1.96. The predicted octanol–water partition coefficient (Wildman–Crippen LogP) is 3.29. The Bertz CT molecular complexity index is 428. The Hall–Kier alpha value is -1.12. The molecule has 1 aromatic heterocycles. The number of Topliss-reactive ketones (excluding diaryl/α,β-unsaturated/α-hetero) is 1. The Kier molecular flexibility index (Phi) is 3.88. The zero-order valence-corrected chi connectivity index (χ0v) is 11.8. The fourth-order valence-corrected chi connectivity index (χ4v) is 3.00. The second kappa shape index (κ2) is 5.25. The minimum atomic E-state index is -0.0883. The molecule has 0 unspecified atom stereocenters. The maximum absolute atomic E-state index is 12.5. The molecule has 0 saturated heterocycles. The van der Waals surface area contributed by atoms with Crippen LogP contribution in [0.25, 0.3) is 0 Å². The maximum Gasteiger partial charge on any atom is 0.144 e. The zero-order valence-electron chi connectivity index (χ0n) is 11.8. The molecule has 3 nitrogen and oxygen atoms in total. The molecular formula is C15H24N2O. The third kappa shape index (κ3) is 2.65. The van der Waals surface area contributed by atoms with Crippen molar-refractivity contribution in [3.8, 4) is 0 Å². The van der Waals surface area contributed by atoms with E-state index >= 15 is 0 Å². The Morgan fingerprint density at radius 3 is 2.67 bits per heavy atom. The SMILES string of the molecule is CCn1nc(C)cc1CC(=O)C1(C)CCCCC1. The monoisotopic (exact) mass is 248 g/mol. The zero-order chi connectivity index (χ0) is 13.2. The first-order chi connectivity index (χ1) is 8.55. The second-order valence-electron chi connectivity index (χ2n) is 5.81. The fourth-order valence-electron chi connectivity index (χ4n) is 3.00. The average Bonchev–Trinajstić information content (AvgIpc) is 2.70. The van der Waals surface area contributed by atoms with E-state index in [0.717, 1.165) is 30.8 Å². The topological polar surface area (TPSA) is 34.9 Å². The van der Waals surface area contributed by atoms with Crippen LogP contribution in [-0.4, -0.2) is 15.6 Å². The van der Waals surface area contributed by atoms with Gasteiger partial charge in [-0.2, -0.15) is 5.10 Å². The highest BCUT2D eigenvalue weighted by atomic mass is 16.1. The number of rotatable bonds is 4. The van der Waals surface area contributed by atoms with Crippen LogP contribution < -0.4 is 0 Å². The van der Waals surface area contributed by atoms with Crippen LogP contribution in [0.4, 0.5) is 0 Å². The summed E-state index contributed by atoms with van der Waals surface area (Å²) in [5, 5.41) is 4.41. The van der Waals surface area contributed by atoms with Gasteiger partial charge in [0.2, 0.25) is 0 Å². The van der Waals surface area contributed by atoms with E-state index in [9.17, 15) is 4.79 Å². The van der Waals surface area contributed by atoms with Crippen molar-refractivity contribution in [2.75, 3.05) is 0 Å². The number of carbonyl (C=O) groups excluding carboxylic acids is 1. The van der Waals surface area contributed by atoms with Crippen LogP contribution in [0.3, 0.4) is 0 Å². The lowest BCUT2D eigenvalue weighted by Crippen LogP contribution is -2.32. The van der Waals surface area contributed by atoms with E-state index in [1.54, 1.807) is 0 Å². The van der Waals surface area contributed by atoms with E-state index in [0.29, 0.717) is 12.2 Å². The van der Waals surface area contributed by atoms with Crippen molar-refractivity contribution in [2.24, 2.45) is 5.41 Å². The van der Waals surface area contributed by atoms with Gasteiger partial charge in [0.1, 0.15) is 5.78 Å². The lowest BCUT2D eigenvalue weighted by atomic mass is 9.72. The summed E-state index contributed by atoms with van der Waals surface area (Å²) in [6.45, 7) is 7.05. The molecule has 0 amide bonds. The molecule has 3 heteroatoms. The Morgan fingerprint density at radius 2 is 2.06 bits per heavy atom. The maximum atomic E-state index is 12.5. The molecule has 1 aliphatic rings. The van der Waals surface area contributed by atoms with Gasteiger partial charge in [0.15, 0.2) is 0 Å². The number of ketones is 1. The van der Waals surface area contributed by atoms with Crippen molar-refractivity contribution >= 4 is 5.78 Å². The van der Waals surface area contributed by atoms with Gasteiger partial charge in [0.25, 0.3) is 0 Å². The van der Waals surface area contributed by atoms with Crippen molar-refractivity contribution < 1.29 is 4.79 Å². The normalized spacial score (nSPS) is 18.8. The van der Waals surface area contributed by atoms with Gasteiger partial charge < -0.3 is 0 Å². The quantitative estimate of drug-likeness (QED) is 0.819. The van der Waals surface area contributed by atoms with Crippen LogP contribution in [0, 0.1) is 12.3 Å². The predicted molar refractivity (Wildman–Crippen MR) is 72.5 cm³/mol. The first-order valence-corrected chi connectivity index (χ1v) is 7.12. The van der Waals surface area contributed by atoms with Crippen molar-refractivity contribution in [3.05, 3.63) is 17.5 Å². The molecular weight excluding hydrogens is 224 g/mol. The van der Waals surface area contributed by atoms with Gasteiger partial charge in [-0.05, 0) is 32.8 Å². The molecule has 0 aliphatic heterocycles. The standard InChI is InChI=1S/C15H24N2O/c1-4-17-13(10-12(2)16-17)11-14(18)15(3)8-6-5-7-9-15/h10H,4-9,11H2,1-3H3. The van der Waals surface area contributed by atoms with E-state index in [-0.39, 0.29) is 5.41 Å². The van der Waals surface area contributed by atoms with Crippen molar-refractivity contribution in [1.82, 2.24) is 9.78 Å². The van der Waals surface area contributed by atoms with E-state index in [2.05, 4.69) is 18.9 Å². The van der Waals surface area contributed by atoms with Gasteiger partial charge in [-0.15, -0.1) is 0 Å². The van der Waals surface area contributed by atoms with Crippen LogP contribution in [0.1, 0.15) is 57.3 Å². The molecule has 0 bridgehead atoms. The number of hydrogen-bond donors (Lipinski definition) is 0. The lowest BCUT2D eigenvalue weighted by molar-refractivity contribution is -0.129. The summed E-state index contributed by atoms with van der Waals surface area (Å²) in [6.07, 6.45) is 6.36. The summed E-state index contributed by atoms with van der Waals surface area (Å²) >= 11 is 0. The lowest BCUT2D eigenvalue weighted by Gasteiger charge is -2.32. The number of hydrogen-bond acceptors (Lipinski definition) is 2. The van der Waals surface area contributed by atoms with Crippen LogP contribution in [0.5, 0.6) is 0 Å². The van der Waals surface area contributed by atoms with Crippen LogP contribution in [0.2, 0.25) is 0 Å². The van der Waals surface area contributed by atoms with E-state index in [1.807, 2.05) is 17.7 Å². The molecule has 0 N–H and O–H groups in total. The Labute approximate surface area is 110 Å². The third-order valence-corrected chi connectivity index (χ3v) is 4.26. The molecule has 1 fully saturated rings. The van der Waals surface area contributed by atoms with Gasteiger partial charge in [-0.3, -0.25) is 9.48 Å². The number of carbonyl (C=O) groups is 1. The molecule has 2 rings (SSSR count). The Morgan fingerprint density at radius 1 is 1.39 bits per heavy atom. The minimum Gasteiger partial charge on any atom is -0.299 e. The van der Waals surface area contributed by atoms with Crippen LogP contribution >= 0.6 is 0 Å². The summed E-state index contributed by atoms with van der Waals surface area (Å²) in [5.41, 5.74) is 2.00. The van der Waals surface area contributed by atoms with Gasteiger partial charge in [0, 0.05) is 24.1 Å². The Balaban J connectivity index is 2.10. The number of nitrogens with zero attached hydrogens (tertiary/aromatic N) is 2. The third-order valence-electron chi connectivity index (χ3n) is 4.26. The fraction of sp³-hybridized carbons (Fsp3) is 0.733. The molecule has 100 valence electrons. The molecule has 0 aromatic carbocycles. The molecule has 1 saturated carbocycles. The van der Waals surface area contributed by atoms with Crippen molar-refractivity contribution in [3.63, 3.8) is 0 Å². The van der Waals surface area contributed by atoms with Crippen LogP contribution in [-0.2, 0) is 17.8 Å². The highest BCUT2D eigenvalue weighted by Gasteiger charge is 2.34. The first-order valence-electron chi connectivity index (χ1n) is 7.12. The van der Waals surface area contributed by atoms with Gasteiger partial charge in [-0.25, -0.2) is 0 Å². The van der Waals surface area contributed by atoms with Crippen molar-refractivity contribution in [2.45, 2.75) is 65.8 Å².